The SMILES string of the molecule is COC(=CC=Cc1cc2ccccc2s1)C(=O)NC1CCC(C)(C)N(C)C1(C)C. The quantitative estimate of drug-likeness (QED) is 0.416. The van der Waals surface area contributed by atoms with E-state index in [1.54, 1.807) is 24.5 Å². The molecule has 1 fully saturated rings. The number of amides is 1. The van der Waals surface area contributed by atoms with Crippen LogP contribution in [-0.4, -0.2) is 42.1 Å². The molecule has 29 heavy (non-hydrogen) atoms. The topological polar surface area (TPSA) is 41.6 Å². The smallest absolute Gasteiger partial charge is 0.286 e. The van der Waals surface area contributed by atoms with Crippen LogP contribution >= 0.6 is 11.3 Å². The van der Waals surface area contributed by atoms with E-state index in [4.69, 9.17) is 4.74 Å². The van der Waals surface area contributed by atoms with Crippen molar-refractivity contribution in [3.63, 3.8) is 0 Å². The number of piperidine rings is 1. The lowest BCUT2D eigenvalue weighted by molar-refractivity contribution is -0.124. The average molecular weight is 413 g/mol. The first-order valence-corrected chi connectivity index (χ1v) is 10.9. The predicted molar refractivity (Wildman–Crippen MR) is 123 cm³/mol. The summed E-state index contributed by atoms with van der Waals surface area (Å²) in [5.41, 5.74) is -0.0131. The number of rotatable bonds is 5. The largest absolute Gasteiger partial charge is 0.491 e. The lowest BCUT2D eigenvalue weighted by atomic mass is 9.77. The number of ether oxygens (including phenoxy) is 1. The summed E-state index contributed by atoms with van der Waals surface area (Å²) in [6, 6.07) is 10.5. The molecule has 0 radical (unpaired) electrons. The van der Waals surface area contributed by atoms with Crippen LogP contribution < -0.4 is 5.32 Å². The minimum Gasteiger partial charge on any atom is -0.491 e. The van der Waals surface area contributed by atoms with Gasteiger partial charge >= 0.3 is 0 Å². The Morgan fingerprint density at radius 2 is 2.00 bits per heavy atom. The van der Waals surface area contributed by atoms with Crippen molar-refractivity contribution >= 4 is 33.4 Å². The molecule has 5 heteroatoms. The van der Waals surface area contributed by atoms with Gasteiger partial charge in [0.15, 0.2) is 5.76 Å². The third-order valence-corrected chi connectivity index (χ3v) is 7.45. The van der Waals surface area contributed by atoms with E-state index in [0.717, 1.165) is 17.7 Å². The van der Waals surface area contributed by atoms with Crippen molar-refractivity contribution in [2.24, 2.45) is 0 Å². The second kappa shape index (κ2) is 8.33. The minimum absolute atomic E-state index is 0.0677. The van der Waals surface area contributed by atoms with Crippen molar-refractivity contribution in [3.05, 3.63) is 53.1 Å². The van der Waals surface area contributed by atoms with Gasteiger partial charge in [0, 0.05) is 26.7 Å². The number of benzene rings is 1. The van der Waals surface area contributed by atoms with E-state index in [-0.39, 0.29) is 23.0 Å². The van der Waals surface area contributed by atoms with Gasteiger partial charge in [0.05, 0.1) is 7.11 Å². The highest BCUT2D eigenvalue weighted by Crippen LogP contribution is 2.37. The molecule has 1 unspecified atom stereocenters. The number of fused-ring (bicyclic) bond motifs is 1. The fourth-order valence-corrected chi connectivity index (χ4v) is 5.04. The van der Waals surface area contributed by atoms with E-state index in [9.17, 15) is 4.79 Å². The molecule has 4 nitrogen and oxygen atoms in total. The maximum Gasteiger partial charge on any atom is 0.286 e. The van der Waals surface area contributed by atoms with Crippen LogP contribution in [0.1, 0.15) is 45.4 Å². The molecule has 3 rings (SSSR count). The first-order chi connectivity index (χ1) is 13.6. The van der Waals surface area contributed by atoms with Gasteiger partial charge in [-0.2, -0.15) is 0 Å². The number of methoxy groups -OCH3 is 1. The highest BCUT2D eigenvalue weighted by atomic mass is 32.1. The first kappa shape index (κ1) is 21.6. The number of carbonyl (C=O) groups is 1. The van der Waals surface area contributed by atoms with E-state index in [1.165, 1.54) is 10.1 Å². The Morgan fingerprint density at radius 1 is 1.28 bits per heavy atom. The van der Waals surface area contributed by atoms with Crippen LogP contribution in [0.5, 0.6) is 0 Å². The number of hydrogen-bond acceptors (Lipinski definition) is 4. The maximum absolute atomic E-state index is 12.8. The average Bonchev–Trinajstić information content (AvgIpc) is 3.09. The fraction of sp³-hybridized carbons (Fsp3) is 0.458. The Hall–Kier alpha value is -2.11. The summed E-state index contributed by atoms with van der Waals surface area (Å²) in [6.07, 6.45) is 7.62. The summed E-state index contributed by atoms with van der Waals surface area (Å²) >= 11 is 1.73. The van der Waals surface area contributed by atoms with Gasteiger partial charge in [0.2, 0.25) is 0 Å². The summed E-state index contributed by atoms with van der Waals surface area (Å²) < 4.78 is 6.63. The number of likely N-dealkylation sites (tertiary alicyclic amines) is 1. The van der Waals surface area contributed by atoms with Crippen molar-refractivity contribution in [2.75, 3.05) is 14.2 Å². The molecule has 0 aliphatic carbocycles. The summed E-state index contributed by atoms with van der Waals surface area (Å²) in [7, 11) is 3.68. The van der Waals surface area contributed by atoms with Crippen molar-refractivity contribution < 1.29 is 9.53 Å². The molecule has 0 spiro atoms. The van der Waals surface area contributed by atoms with Gasteiger partial charge in [-0.15, -0.1) is 11.3 Å². The zero-order valence-corrected chi connectivity index (χ0v) is 19.1. The summed E-state index contributed by atoms with van der Waals surface area (Å²) in [5, 5.41) is 4.43. The van der Waals surface area contributed by atoms with Crippen LogP contribution in [0.4, 0.5) is 0 Å². The third kappa shape index (κ3) is 4.57. The van der Waals surface area contributed by atoms with Crippen LogP contribution in [0, 0.1) is 0 Å². The second-order valence-electron chi connectivity index (χ2n) is 8.87. The maximum atomic E-state index is 12.8. The molecule has 1 atom stereocenters. The third-order valence-electron chi connectivity index (χ3n) is 6.37. The van der Waals surface area contributed by atoms with Crippen molar-refractivity contribution in [1.29, 1.82) is 0 Å². The highest BCUT2D eigenvalue weighted by molar-refractivity contribution is 7.19. The molecule has 1 aromatic carbocycles. The van der Waals surface area contributed by atoms with Crippen LogP contribution in [0.25, 0.3) is 16.2 Å². The van der Waals surface area contributed by atoms with Gasteiger partial charge in [-0.05, 0) is 77.3 Å². The lowest BCUT2D eigenvalue weighted by Gasteiger charge is -2.55. The highest BCUT2D eigenvalue weighted by Gasteiger charge is 2.45. The van der Waals surface area contributed by atoms with E-state index < -0.39 is 0 Å². The number of nitrogens with one attached hydrogen (secondary N) is 1. The van der Waals surface area contributed by atoms with Gasteiger partial charge < -0.3 is 10.1 Å². The van der Waals surface area contributed by atoms with E-state index in [1.807, 2.05) is 24.3 Å². The molecule has 156 valence electrons. The van der Waals surface area contributed by atoms with Crippen LogP contribution in [0.3, 0.4) is 0 Å². The zero-order valence-electron chi connectivity index (χ0n) is 18.3. The molecule has 1 aromatic heterocycles. The van der Waals surface area contributed by atoms with Gasteiger partial charge in [0.1, 0.15) is 0 Å². The monoisotopic (exact) mass is 412 g/mol. The Kier molecular flexibility index (Phi) is 6.20. The van der Waals surface area contributed by atoms with Gasteiger partial charge in [-0.25, -0.2) is 0 Å². The van der Waals surface area contributed by atoms with Crippen molar-refractivity contribution in [2.45, 2.75) is 57.7 Å². The molecular weight excluding hydrogens is 380 g/mol. The number of hydrogen-bond donors (Lipinski definition) is 1. The normalized spacial score (nSPS) is 22.1. The fourth-order valence-electron chi connectivity index (χ4n) is 4.06. The summed E-state index contributed by atoms with van der Waals surface area (Å²) in [6.45, 7) is 8.89. The van der Waals surface area contributed by atoms with Crippen LogP contribution in [0.2, 0.25) is 0 Å². The number of allylic oxidation sites excluding steroid dienone is 2. The Bertz CT molecular complexity index is 906. The summed E-state index contributed by atoms with van der Waals surface area (Å²) in [4.78, 5) is 16.3. The molecule has 1 aliphatic rings. The molecule has 1 amide bonds. The van der Waals surface area contributed by atoms with Crippen LogP contribution in [-0.2, 0) is 9.53 Å². The molecule has 0 bridgehead atoms. The predicted octanol–water partition coefficient (Wildman–Crippen LogP) is 5.21. The summed E-state index contributed by atoms with van der Waals surface area (Å²) in [5.74, 6) is 0.158. The molecule has 0 saturated carbocycles. The molecule has 1 aliphatic heterocycles. The number of likely N-dealkylation sites (N-methyl/N-ethyl adjacent to an activating group) is 1. The van der Waals surface area contributed by atoms with Crippen molar-refractivity contribution in [3.8, 4) is 0 Å². The zero-order chi connectivity index (χ0) is 21.2. The lowest BCUT2D eigenvalue weighted by Crippen LogP contribution is -2.66. The van der Waals surface area contributed by atoms with E-state index in [2.05, 4.69) is 63.2 Å². The van der Waals surface area contributed by atoms with Crippen LogP contribution in [0.15, 0.2) is 48.2 Å². The second-order valence-corrected chi connectivity index (χ2v) is 9.99. The Balaban J connectivity index is 1.69. The molecule has 1 N–H and O–H groups in total. The first-order valence-electron chi connectivity index (χ1n) is 10.1. The minimum atomic E-state index is -0.167. The molecular formula is C24H32N2O2S. The van der Waals surface area contributed by atoms with Crippen molar-refractivity contribution in [1.82, 2.24) is 10.2 Å². The van der Waals surface area contributed by atoms with Gasteiger partial charge in [0.25, 0.3) is 5.91 Å². The number of carbonyl (C=O) groups excluding carboxylic acids is 1. The number of thiophene rings is 1. The Labute approximate surface area is 178 Å². The van der Waals surface area contributed by atoms with E-state index in [0.29, 0.717) is 5.76 Å². The van der Waals surface area contributed by atoms with Gasteiger partial charge in [-0.1, -0.05) is 24.3 Å². The standard InChI is InChI=1S/C24H32N2O2S/c1-23(2)15-14-21(24(3,4)26(23)5)25-22(27)19(28-6)12-9-11-18-16-17-10-7-8-13-20(17)29-18/h7-13,16,21H,14-15H2,1-6H3,(H,25,27). The van der Waals surface area contributed by atoms with Gasteiger partial charge in [-0.3, -0.25) is 9.69 Å². The molecule has 2 aromatic rings. The number of nitrogens with zero attached hydrogens (tertiary/aromatic N) is 1. The molecule has 1 saturated heterocycles. The Morgan fingerprint density at radius 3 is 2.69 bits per heavy atom. The molecule has 2 heterocycles. The van der Waals surface area contributed by atoms with E-state index >= 15 is 0 Å².